The summed E-state index contributed by atoms with van der Waals surface area (Å²) in [7, 11) is -4.92. The molecule has 1 aliphatic heterocycles. The van der Waals surface area contributed by atoms with Crippen LogP contribution in [0.5, 0.6) is 0 Å². The lowest BCUT2D eigenvalue weighted by Crippen LogP contribution is -2.91. The second kappa shape index (κ2) is 13.9. The number of hydrogen-bond donors (Lipinski definition) is 0. The highest BCUT2D eigenvalue weighted by Crippen LogP contribution is 2.44. The summed E-state index contributed by atoms with van der Waals surface area (Å²) in [6.45, 7) is 27.8. The van der Waals surface area contributed by atoms with Gasteiger partial charge in [-0.1, -0.05) is 123 Å². The van der Waals surface area contributed by atoms with E-state index in [1.165, 1.54) is 93.1 Å². The molecule has 0 amide bonds. The van der Waals surface area contributed by atoms with Crippen LogP contribution in [0, 0.1) is 83.1 Å². The molecule has 0 fully saturated rings. The minimum absolute atomic E-state index is 0.00506. The van der Waals surface area contributed by atoms with Gasteiger partial charge < -0.3 is 9.16 Å². The van der Waals surface area contributed by atoms with Gasteiger partial charge in [0.15, 0.2) is 7.59 Å². The Morgan fingerprint density at radius 1 is 0.471 bits per heavy atom. The Balaban J connectivity index is 2.09. The van der Waals surface area contributed by atoms with Gasteiger partial charge in [0.1, 0.15) is 0 Å². The maximum absolute atomic E-state index is 8.09. The maximum atomic E-state index is 8.09. The smallest absolute Gasteiger partial charge is 0.307 e. The molecule has 0 radical (unpaired) electrons. The fraction of sp³-hybridized carbons (Fsp3) is 0.319. The van der Waals surface area contributed by atoms with E-state index >= 15 is 0 Å². The van der Waals surface area contributed by atoms with Gasteiger partial charge >= 0.3 is 7.83 Å². The topological polar surface area (TPSA) is 18.5 Å². The summed E-state index contributed by atoms with van der Waals surface area (Å²) in [4.78, 5) is 0. The minimum Gasteiger partial charge on any atom is -0.543 e. The van der Waals surface area contributed by atoms with E-state index in [9.17, 15) is 0 Å². The third-order valence-electron chi connectivity index (χ3n) is 11.5. The average molecular weight is 709 g/mol. The fourth-order valence-corrected chi connectivity index (χ4v) is 33.5. The molecule has 2 nitrogen and oxygen atoms in total. The van der Waals surface area contributed by atoms with Gasteiger partial charge in [0, 0.05) is 12.7 Å². The molecule has 0 aliphatic carbocycles. The minimum atomic E-state index is -3.46. The van der Waals surface area contributed by atoms with E-state index < -0.39 is 15.4 Å². The van der Waals surface area contributed by atoms with E-state index in [0.717, 1.165) is 0 Å². The first-order valence-corrected chi connectivity index (χ1v) is 23.4. The second-order valence-corrected chi connectivity index (χ2v) is 25.9. The molecule has 1 heterocycles. The Morgan fingerprint density at radius 2 is 0.804 bits per heavy atom. The van der Waals surface area contributed by atoms with Crippen LogP contribution in [-0.4, -0.2) is 28.6 Å². The third-order valence-corrected chi connectivity index (χ3v) is 28.4. The van der Waals surface area contributed by atoms with Crippen LogP contribution >= 0.6 is 0 Å². The van der Waals surface area contributed by atoms with Gasteiger partial charge in [0.05, 0.1) is 12.4 Å². The van der Waals surface area contributed by atoms with Crippen molar-refractivity contribution >= 4 is 36.2 Å². The quantitative estimate of drug-likeness (QED) is 0.165. The van der Waals surface area contributed by atoms with Crippen molar-refractivity contribution in [3.8, 4) is 0 Å². The third kappa shape index (κ3) is 5.80. The second-order valence-electron chi connectivity index (χ2n) is 15.6. The number of aryl methyl sites for hydroxylation is 12. The van der Waals surface area contributed by atoms with E-state index in [-0.39, 0.29) is 11.6 Å². The Hall–Kier alpha value is -3.97. The lowest BCUT2D eigenvalue weighted by atomic mass is 10.1. The molecular weight excluding hydrogens is 653 g/mol. The lowest BCUT2D eigenvalue weighted by molar-refractivity contribution is 0.135. The first-order valence-electron chi connectivity index (χ1n) is 18.4. The van der Waals surface area contributed by atoms with Crippen LogP contribution < -0.4 is 20.7 Å². The van der Waals surface area contributed by atoms with E-state index in [1.54, 1.807) is 0 Å². The zero-order valence-electron chi connectivity index (χ0n) is 33.1. The van der Waals surface area contributed by atoms with Crippen LogP contribution in [-0.2, 0) is 9.16 Å². The first kappa shape index (κ1) is 36.8. The summed E-state index contributed by atoms with van der Waals surface area (Å²) < 4.78 is 14.9. The molecule has 51 heavy (non-hydrogen) atoms. The van der Waals surface area contributed by atoms with Crippen LogP contribution in [0.15, 0.2) is 91.2 Å². The molecule has 5 aromatic carbocycles. The van der Waals surface area contributed by atoms with Crippen molar-refractivity contribution in [3.63, 3.8) is 0 Å². The molecule has 5 aromatic rings. The molecule has 2 atom stereocenters. The zero-order valence-corrected chi connectivity index (χ0v) is 35.1. The number of benzene rings is 5. The lowest BCUT2D eigenvalue weighted by Gasteiger charge is -2.54. The highest BCUT2D eigenvalue weighted by atomic mass is 29.3. The molecule has 0 bridgehead atoms. The Labute approximate surface area is 309 Å². The molecule has 6 rings (SSSR count). The van der Waals surface area contributed by atoms with Gasteiger partial charge in [-0.15, -0.1) is 0 Å². The van der Waals surface area contributed by atoms with Crippen molar-refractivity contribution in [1.29, 1.82) is 0 Å². The standard InChI is InChI=1S/C47H56O2Si2/c1-29-21-33(5)43(34(6)22-29)50(44-35(7)23-30(2)24-36(44)8)47(41-17-15-14-16-18-41)42(48-13)19-20-49-51(50,45-37(9)25-31(3)26-38(45)10)46-39(11)27-32(4)28-40(46)12/h14-28,42,47H,1-13H3/t42-,47+/m0/s1. The number of ether oxygens (including phenoxy) is 1. The number of methoxy groups -OCH3 is 1. The summed E-state index contributed by atoms with van der Waals surface area (Å²) in [5.41, 5.74) is 17.1. The molecule has 0 N–H and O–H groups in total. The largest absolute Gasteiger partial charge is 0.543 e. The molecule has 4 heteroatoms. The maximum Gasteiger partial charge on any atom is 0.307 e. The SMILES string of the molecule is CO[C@H]1C=CO[Si](c2c(C)cc(C)cc2C)(c2c(C)cc(C)cc2C)[Si](c2c(C)cc(C)cc2C)(c2c(C)cc(C)cc2C)[C@@H]1c1ccccc1. The van der Waals surface area contributed by atoms with Crippen molar-refractivity contribution in [2.75, 3.05) is 7.11 Å². The van der Waals surface area contributed by atoms with Gasteiger partial charge in [0.25, 0.3) is 0 Å². The van der Waals surface area contributed by atoms with E-state index in [2.05, 4.69) is 174 Å². The molecule has 0 saturated heterocycles. The van der Waals surface area contributed by atoms with Crippen LogP contribution in [0.4, 0.5) is 0 Å². The van der Waals surface area contributed by atoms with Crippen LogP contribution in [0.1, 0.15) is 77.9 Å². The zero-order chi connectivity index (χ0) is 37.0. The predicted octanol–water partition coefficient (Wildman–Crippen LogP) is 8.67. The van der Waals surface area contributed by atoms with Crippen molar-refractivity contribution in [2.45, 2.75) is 94.7 Å². The average Bonchev–Trinajstić information content (AvgIpc) is 3.15. The normalized spacial score (nSPS) is 18.0. The van der Waals surface area contributed by atoms with Crippen molar-refractivity contribution in [2.24, 2.45) is 0 Å². The van der Waals surface area contributed by atoms with Gasteiger partial charge in [-0.25, -0.2) is 0 Å². The first-order chi connectivity index (χ1) is 24.2. The molecule has 264 valence electrons. The molecule has 0 unspecified atom stereocenters. The summed E-state index contributed by atoms with van der Waals surface area (Å²) in [5.74, 6) is 0. The van der Waals surface area contributed by atoms with Crippen molar-refractivity contribution in [3.05, 3.63) is 164 Å². The summed E-state index contributed by atoms with van der Waals surface area (Å²) in [5, 5.41) is 5.81. The van der Waals surface area contributed by atoms with E-state index in [1.807, 2.05) is 7.11 Å². The van der Waals surface area contributed by atoms with Crippen LogP contribution in [0.2, 0.25) is 0 Å². The fourth-order valence-electron chi connectivity index (χ4n) is 10.7. The van der Waals surface area contributed by atoms with Crippen LogP contribution in [0.3, 0.4) is 0 Å². The van der Waals surface area contributed by atoms with E-state index in [4.69, 9.17) is 9.16 Å². The summed E-state index contributed by atoms with van der Waals surface area (Å²) >= 11 is 0. The van der Waals surface area contributed by atoms with Gasteiger partial charge in [-0.2, -0.15) is 0 Å². The molecule has 0 spiro atoms. The van der Waals surface area contributed by atoms with Gasteiger partial charge in [-0.05, 0) is 138 Å². The molecule has 0 aromatic heterocycles. The predicted molar refractivity (Wildman–Crippen MR) is 223 cm³/mol. The summed E-state index contributed by atoms with van der Waals surface area (Å²) in [6, 6.07) is 30.6. The summed E-state index contributed by atoms with van der Waals surface area (Å²) in [6.07, 6.45) is 4.09. The van der Waals surface area contributed by atoms with E-state index in [0.29, 0.717) is 0 Å². The molecule has 1 aliphatic rings. The number of rotatable bonds is 6. The van der Waals surface area contributed by atoms with Gasteiger partial charge in [0.2, 0.25) is 0 Å². The monoisotopic (exact) mass is 708 g/mol. The highest BCUT2D eigenvalue weighted by molar-refractivity contribution is 7.58. The Bertz CT molecular complexity index is 1950. The highest BCUT2D eigenvalue weighted by Gasteiger charge is 2.71. The van der Waals surface area contributed by atoms with Gasteiger partial charge in [-0.3, -0.25) is 0 Å². The Kier molecular flexibility index (Phi) is 10.0. The van der Waals surface area contributed by atoms with Crippen molar-refractivity contribution < 1.29 is 9.16 Å². The molecular formula is C47H56O2Si2. The van der Waals surface area contributed by atoms with Crippen molar-refractivity contribution in [1.82, 2.24) is 0 Å². The molecule has 0 saturated carbocycles. The van der Waals surface area contributed by atoms with Crippen LogP contribution in [0.25, 0.3) is 0 Å². The Morgan fingerprint density at radius 3 is 1.14 bits per heavy atom. The number of hydrogen-bond acceptors (Lipinski definition) is 2.